The van der Waals surface area contributed by atoms with Crippen LogP contribution in [0, 0.1) is 0 Å². The van der Waals surface area contributed by atoms with Gasteiger partial charge in [-0.1, -0.05) is 24.3 Å². The van der Waals surface area contributed by atoms with E-state index in [1.165, 1.54) is 5.56 Å². The van der Waals surface area contributed by atoms with Crippen LogP contribution in [-0.2, 0) is 13.6 Å². The molecule has 64 heavy (non-hydrogen) atoms. The van der Waals surface area contributed by atoms with Crippen molar-refractivity contribution in [3.05, 3.63) is 171 Å². The first-order valence-electron chi connectivity index (χ1n) is 20.6. The highest BCUT2D eigenvalue weighted by molar-refractivity contribution is 6.08. The van der Waals surface area contributed by atoms with Crippen molar-refractivity contribution in [3.63, 3.8) is 0 Å². The van der Waals surface area contributed by atoms with Gasteiger partial charge in [-0.05, 0) is 113 Å². The van der Waals surface area contributed by atoms with E-state index in [9.17, 15) is 5.11 Å². The molecule has 7 heterocycles. The molecule has 15 heteroatoms. The summed E-state index contributed by atoms with van der Waals surface area (Å²) in [6.45, 7) is 2.49. The van der Waals surface area contributed by atoms with Gasteiger partial charge in [-0.3, -0.25) is 29.9 Å². The summed E-state index contributed by atoms with van der Waals surface area (Å²) in [7, 11) is 13.3. The molecule has 8 N–H and O–H groups in total. The van der Waals surface area contributed by atoms with Crippen LogP contribution < -0.4 is 32.3 Å². The number of hydrogen-bond acceptors (Lipinski definition) is 14. The molecule has 0 saturated heterocycles. The first-order chi connectivity index (χ1) is 31.3. The maximum absolute atomic E-state index is 9.50. The number of hydrogen-bond donors (Lipinski definition) is 7. The zero-order valence-corrected chi connectivity index (χ0v) is 37.8. The molecule has 0 aliphatic rings. The Morgan fingerprint density at radius 3 is 1.67 bits per heavy atom. The molecule has 9 aromatic rings. The molecule has 15 nitrogen and oxygen atoms in total. The largest absolute Gasteiger partial charge is 0.506 e. The fourth-order valence-corrected chi connectivity index (χ4v) is 5.54. The normalized spacial score (nSPS) is 9.69. The average Bonchev–Trinajstić information content (AvgIpc) is 3.85. The number of nitrogens with one attached hydrogen (secondary N) is 5. The molecule has 0 atom stereocenters. The van der Waals surface area contributed by atoms with Crippen molar-refractivity contribution in [2.45, 2.75) is 6.54 Å². The lowest BCUT2D eigenvalue weighted by molar-refractivity contribution is 0.480. The van der Waals surface area contributed by atoms with Gasteiger partial charge in [-0.25, -0.2) is 4.98 Å². The summed E-state index contributed by atoms with van der Waals surface area (Å²) in [5.74, 6) is 0.217. The van der Waals surface area contributed by atoms with Gasteiger partial charge in [-0.15, -0.1) is 0 Å². The number of nitrogens with zero attached hydrogens (tertiary/aromatic N) is 8. The van der Waals surface area contributed by atoms with Crippen LogP contribution in [-0.4, -0.2) is 99.9 Å². The van der Waals surface area contributed by atoms with Crippen LogP contribution in [0.2, 0.25) is 0 Å². The van der Waals surface area contributed by atoms with Crippen LogP contribution >= 0.6 is 0 Å². The molecule has 334 valence electrons. The number of phenolic OH excluding ortho intramolecular Hbond substituents is 1. The monoisotopic (exact) mass is 863 g/mol. The predicted octanol–water partition coefficient (Wildman–Crippen LogP) is 7.17. The third-order valence-electron chi connectivity index (χ3n) is 8.48. The lowest BCUT2D eigenvalue weighted by Gasteiger charge is -2.07. The topological polar surface area (TPSA) is 202 Å². The molecule has 9 rings (SSSR count). The Balaban J connectivity index is 0.000000212. The van der Waals surface area contributed by atoms with E-state index in [-0.39, 0.29) is 5.75 Å². The molecule has 7 aromatic heterocycles. The minimum Gasteiger partial charge on any atom is -0.506 e. The van der Waals surface area contributed by atoms with E-state index in [4.69, 9.17) is 5.73 Å². The molecule has 0 bridgehead atoms. The molecule has 0 aliphatic heterocycles. The first-order valence-corrected chi connectivity index (χ1v) is 20.6. The summed E-state index contributed by atoms with van der Waals surface area (Å²) in [6, 6.07) is 32.9. The Kier molecular flexibility index (Phi) is 24.3. The van der Waals surface area contributed by atoms with Crippen molar-refractivity contribution in [1.29, 1.82) is 0 Å². The van der Waals surface area contributed by atoms with Crippen molar-refractivity contribution in [2.75, 3.05) is 66.0 Å². The summed E-state index contributed by atoms with van der Waals surface area (Å²) >= 11 is 0. The molecular weight excluding hydrogens is 801 g/mol. The Labute approximate surface area is 376 Å². The summed E-state index contributed by atoms with van der Waals surface area (Å²) in [5, 5.41) is 27.6. The van der Waals surface area contributed by atoms with Crippen LogP contribution in [0.25, 0.3) is 44.1 Å². The number of likely N-dealkylation sites (N-methyl/N-ethyl adjacent to an activating group) is 1. The van der Waals surface area contributed by atoms with Crippen LogP contribution in [0.4, 0.5) is 11.4 Å². The highest BCUT2D eigenvalue weighted by Crippen LogP contribution is 2.29. The lowest BCUT2D eigenvalue weighted by Crippen LogP contribution is -2.17. The van der Waals surface area contributed by atoms with Gasteiger partial charge in [0.05, 0.1) is 28.7 Å². The highest BCUT2D eigenvalue weighted by atomic mass is 16.3. The van der Waals surface area contributed by atoms with Gasteiger partial charge in [0.1, 0.15) is 11.3 Å². The quantitative estimate of drug-likeness (QED) is 0.0628. The number of nitrogens with two attached hydrogens (primary N) is 1. The minimum atomic E-state index is 0.217. The molecule has 2 aromatic carbocycles. The standard InChI is InChI=1S/C13H11N3.C12H13N3.C10H10N2O.C5H5N.C4H6N2.C3H10N2.C2H7N/c1-14-11-8-9-4-2-6-15-12(9)13-10(11)5-3-7-16-13;1-13-8-10-5-6-12(15-9-10)11-4-2-3-7-14-11;1-11-8-4-5-9(13)10-7(8)3-2-6-12-10;1-2-4-6-5-3-1;1-6-3-2-5-4-6;1-5-3-2-4;1-3-2/h2-8,14H,1H3;2-7,9,13H,8H2,1H3;2-6,11,13H,1H3;1-5H;2-4H,1H3;5H,2-4H2,1H3;3H,1-2H3. The molecule has 0 spiro atoms. The van der Waals surface area contributed by atoms with Gasteiger partial charge in [-0.2, -0.15) is 0 Å². The van der Waals surface area contributed by atoms with Crippen molar-refractivity contribution in [2.24, 2.45) is 12.8 Å². The molecule has 0 saturated carbocycles. The minimum absolute atomic E-state index is 0.217. The van der Waals surface area contributed by atoms with Gasteiger partial charge in [0, 0.05) is 124 Å². The number of fused-ring (bicyclic) bond motifs is 4. The van der Waals surface area contributed by atoms with Gasteiger partial charge in [0.15, 0.2) is 0 Å². The van der Waals surface area contributed by atoms with E-state index < -0.39 is 0 Å². The molecule has 0 fully saturated rings. The number of rotatable bonds is 7. The predicted molar refractivity (Wildman–Crippen MR) is 265 cm³/mol. The second kappa shape index (κ2) is 30.6. The van der Waals surface area contributed by atoms with E-state index in [0.717, 1.165) is 69.6 Å². The highest BCUT2D eigenvalue weighted by Gasteiger charge is 2.07. The van der Waals surface area contributed by atoms with Crippen molar-refractivity contribution < 1.29 is 5.11 Å². The zero-order chi connectivity index (χ0) is 46.2. The Bertz CT molecular complexity index is 2530. The Morgan fingerprint density at radius 2 is 1.19 bits per heavy atom. The molecule has 0 aliphatic carbocycles. The number of phenols is 1. The second-order valence-electron chi connectivity index (χ2n) is 13.4. The van der Waals surface area contributed by atoms with E-state index >= 15 is 0 Å². The van der Waals surface area contributed by atoms with Crippen molar-refractivity contribution >= 4 is 44.1 Å². The fourth-order valence-electron chi connectivity index (χ4n) is 5.54. The molecular formula is C49H62N14O. The SMILES string of the molecule is CNC.CNCCN.CNCc1ccc(-c2ccccn2)nc1.CNc1cc2cccnc2c2ncccc12.CNc1ccc(O)c2ncccc12.Cn1ccnc1.c1ccncc1. The van der Waals surface area contributed by atoms with Crippen molar-refractivity contribution in [3.8, 4) is 17.1 Å². The van der Waals surface area contributed by atoms with Gasteiger partial charge in [0.25, 0.3) is 0 Å². The third-order valence-corrected chi connectivity index (χ3v) is 8.48. The van der Waals surface area contributed by atoms with Gasteiger partial charge < -0.3 is 42.0 Å². The number of benzene rings is 2. The Hall–Kier alpha value is -7.43. The number of aromatic hydroxyl groups is 1. The second-order valence-corrected chi connectivity index (χ2v) is 13.4. The van der Waals surface area contributed by atoms with E-state index in [0.29, 0.717) is 5.52 Å². The smallest absolute Gasteiger partial charge is 0.141 e. The number of anilines is 2. The van der Waals surface area contributed by atoms with E-state index in [1.54, 1.807) is 55.8 Å². The number of pyridine rings is 6. The number of aromatic nitrogens is 8. The van der Waals surface area contributed by atoms with Crippen LogP contribution in [0.15, 0.2) is 165 Å². The number of imidazole rings is 1. The van der Waals surface area contributed by atoms with Crippen LogP contribution in [0.1, 0.15) is 5.56 Å². The van der Waals surface area contributed by atoms with Crippen molar-refractivity contribution in [1.82, 2.24) is 55.4 Å². The van der Waals surface area contributed by atoms with Crippen LogP contribution in [0.3, 0.4) is 0 Å². The maximum Gasteiger partial charge on any atom is 0.141 e. The average molecular weight is 863 g/mol. The molecule has 0 amide bonds. The zero-order valence-electron chi connectivity index (χ0n) is 37.8. The number of aryl methyl sites for hydroxylation is 1. The molecule has 0 radical (unpaired) electrons. The summed E-state index contributed by atoms with van der Waals surface area (Å²) in [5.41, 5.74) is 12.7. The van der Waals surface area contributed by atoms with E-state index in [2.05, 4.69) is 85.7 Å². The summed E-state index contributed by atoms with van der Waals surface area (Å²) in [6.07, 6.45) is 17.8. The lowest BCUT2D eigenvalue weighted by atomic mass is 10.1. The fraction of sp³-hybridized carbons (Fsp3) is 0.204. The third kappa shape index (κ3) is 17.5. The Morgan fingerprint density at radius 1 is 0.562 bits per heavy atom. The van der Waals surface area contributed by atoms with Gasteiger partial charge in [0.2, 0.25) is 0 Å². The first kappa shape index (κ1) is 50.9. The van der Waals surface area contributed by atoms with E-state index in [1.807, 2.05) is 139 Å². The maximum atomic E-state index is 9.50. The van der Waals surface area contributed by atoms with Crippen LogP contribution in [0.5, 0.6) is 5.75 Å². The molecule has 0 unspecified atom stereocenters. The summed E-state index contributed by atoms with van der Waals surface area (Å²) < 4.78 is 1.89. The van der Waals surface area contributed by atoms with Gasteiger partial charge >= 0.3 is 0 Å². The summed E-state index contributed by atoms with van der Waals surface area (Å²) in [4.78, 5) is 29.1.